The molecule has 0 atom stereocenters. The zero-order valence-electron chi connectivity index (χ0n) is 16.3. The van der Waals surface area contributed by atoms with E-state index < -0.39 is 33.4 Å². The molecule has 0 aliphatic carbocycles. The highest BCUT2D eigenvalue weighted by Crippen LogP contribution is 2.36. The van der Waals surface area contributed by atoms with Gasteiger partial charge in [0, 0.05) is 7.11 Å². The van der Waals surface area contributed by atoms with Crippen LogP contribution in [0.5, 0.6) is 5.75 Å². The summed E-state index contributed by atoms with van der Waals surface area (Å²) in [7, 11) is -3.03. The zero-order chi connectivity index (χ0) is 22.7. The Kier molecular flexibility index (Phi) is 6.99. The number of methoxy groups -OCH3 is 1. The zero-order valence-corrected chi connectivity index (χ0v) is 17.1. The standard InChI is InChI=1S/C19H20F3NO6S/c1-11-8-13(18(24)25)9-17(12(11)2)30(26,27)23-15-10-14(19(20,21)22)4-5-16(15)29-7-6-28-3/h4-5,8-10,23H,6-7H2,1-3H3,(H,24,25). The largest absolute Gasteiger partial charge is 0.489 e. The molecule has 7 nitrogen and oxygen atoms in total. The van der Waals surface area contributed by atoms with E-state index in [2.05, 4.69) is 4.72 Å². The van der Waals surface area contributed by atoms with E-state index in [0.29, 0.717) is 11.6 Å². The Labute approximate surface area is 171 Å². The quantitative estimate of drug-likeness (QED) is 0.596. The second-order valence-electron chi connectivity index (χ2n) is 6.38. The fourth-order valence-corrected chi connectivity index (χ4v) is 3.98. The van der Waals surface area contributed by atoms with Crippen molar-refractivity contribution in [3.63, 3.8) is 0 Å². The lowest BCUT2D eigenvalue weighted by Gasteiger charge is -2.17. The fraction of sp³-hybridized carbons (Fsp3) is 0.316. The molecule has 2 N–H and O–H groups in total. The number of carboxylic acid groups (broad SMARTS) is 1. The van der Waals surface area contributed by atoms with E-state index in [1.807, 2.05) is 0 Å². The third kappa shape index (κ3) is 5.42. The molecule has 0 saturated carbocycles. The third-order valence-corrected chi connectivity index (χ3v) is 5.74. The Morgan fingerprint density at radius 1 is 1.13 bits per heavy atom. The number of aromatic carboxylic acids is 1. The second-order valence-corrected chi connectivity index (χ2v) is 8.03. The van der Waals surface area contributed by atoms with Crippen molar-refractivity contribution in [2.45, 2.75) is 24.9 Å². The van der Waals surface area contributed by atoms with Crippen LogP contribution in [0.4, 0.5) is 18.9 Å². The van der Waals surface area contributed by atoms with E-state index >= 15 is 0 Å². The van der Waals surface area contributed by atoms with Crippen molar-refractivity contribution in [1.29, 1.82) is 0 Å². The number of benzene rings is 2. The molecule has 30 heavy (non-hydrogen) atoms. The van der Waals surface area contributed by atoms with Crippen LogP contribution in [-0.4, -0.2) is 39.8 Å². The Morgan fingerprint density at radius 2 is 1.80 bits per heavy atom. The summed E-state index contributed by atoms with van der Waals surface area (Å²) in [5.41, 5.74) is -1.11. The van der Waals surface area contributed by atoms with Crippen molar-refractivity contribution >= 4 is 21.7 Å². The van der Waals surface area contributed by atoms with Crippen LogP contribution in [0.15, 0.2) is 35.2 Å². The lowest BCUT2D eigenvalue weighted by Crippen LogP contribution is -2.18. The summed E-state index contributed by atoms with van der Waals surface area (Å²) in [6.07, 6.45) is -4.71. The molecule has 11 heteroatoms. The summed E-state index contributed by atoms with van der Waals surface area (Å²) >= 11 is 0. The van der Waals surface area contributed by atoms with Gasteiger partial charge in [-0.1, -0.05) is 0 Å². The number of hydrogen-bond donors (Lipinski definition) is 2. The summed E-state index contributed by atoms with van der Waals surface area (Å²) in [6.45, 7) is 3.11. The molecule has 0 radical (unpaired) electrons. The molecule has 0 spiro atoms. The summed E-state index contributed by atoms with van der Waals surface area (Å²) in [5, 5.41) is 9.20. The van der Waals surface area contributed by atoms with Gasteiger partial charge in [-0.05, 0) is 55.3 Å². The van der Waals surface area contributed by atoms with Crippen LogP contribution in [0.25, 0.3) is 0 Å². The van der Waals surface area contributed by atoms with Crippen LogP contribution in [-0.2, 0) is 20.9 Å². The molecule has 0 heterocycles. The molecular weight excluding hydrogens is 427 g/mol. The van der Waals surface area contributed by atoms with Crippen LogP contribution < -0.4 is 9.46 Å². The molecule has 2 aromatic carbocycles. The first-order valence-corrected chi connectivity index (χ1v) is 10.1. The maximum absolute atomic E-state index is 13.1. The van der Waals surface area contributed by atoms with Gasteiger partial charge < -0.3 is 14.6 Å². The topological polar surface area (TPSA) is 102 Å². The molecule has 0 unspecified atom stereocenters. The first-order valence-electron chi connectivity index (χ1n) is 8.57. The first-order chi connectivity index (χ1) is 13.9. The molecule has 0 aliphatic rings. The monoisotopic (exact) mass is 447 g/mol. The van der Waals surface area contributed by atoms with Gasteiger partial charge in [0.15, 0.2) is 0 Å². The number of aryl methyl sites for hydroxylation is 1. The number of anilines is 1. The SMILES string of the molecule is COCCOc1ccc(C(F)(F)F)cc1NS(=O)(=O)c1cc(C(=O)O)cc(C)c1C. The molecular formula is C19H20F3NO6S. The highest BCUT2D eigenvalue weighted by Gasteiger charge is 2.32. The van der Waals surface area contributed by atoms with Gasteiger partial charge >= 0.3 is 12.1 Å². The molecule has 2 aromatic rings. The summed E-state index contributed by atoms with van der Waals surface area (Å²) in [6, 6.07) is 4.64. The average Bonchev–Trinajstić information content (AvgIpc) is 2.63. The number of rotatable bonds is 8. The van der Waals surface area contributed by atoms with Crippen molar-refractivity contribution in [3.8, 4) is 5.75 Å². The van der Waals surface area contributed by atoms with Crippen LogP contribution in [0.1, 0.15) is 27.0 Å². The number of halogens is 3. The van der Waals surface area contributed by atoms with Crippen LogP contribution in [0.3, 0.4) is 0 Å². The molecule has 0 aromatic heterocycles. The van der Waals surface area contributed by atoms with Gasteiger partial charge in [0.05, 0.1) is 28.3 Å². The van der Waals surface area contributed by atoms with Crippen molar-refractivity contribution in [1.82, 2.24) is 0 Å². The number of carboxylic acids is 1. The van der Waals surface area contributed by atoms with Gasteiger partial charge in [0.25, 0.3) is 10.0 Å². The van der Waals surface area contributed by atoms with Gasteiger partial charge in [-0.15, -0.1) is 0 Å². The van der Waals surface area contributed by atoms with Crippen molar-refractivity contribution in [2.75, 3.05) is 25.0 Å². The van der Waals surface area contributed by atoms with Gasteiger partial charge in [0.2, 0.25) is 0 Å². The van der Waals surface area contributed by atoms with E-state index in [4.69, 9.17) is 9.47 Å². The minimum Gasteiger partial charge on any atom is -0.489 e. The molecule has 0 aliphatic heterocycles. The maximum Gasteiger partial charge on any atom is 0.416 e. The lowest BCUT2D eigenvalue weighted by atomic mass is 10.1. The number of carbonyl (C=O) groups is 1. The molecule has 2 rings (SSSR count). The van der Waals surface area contributed by atoms with Crippen LogP contribution in [0.2, 0.25) is 0 Å². The van der Waals surface area contributed by atoms with Crippen molar-refractivity contribution in [3.05, 3.63) is 52.6 Å². The van der Waals surface area contributed by atoms with Gasteiger partial charge in [-0.25, -0.2) is 13.2 Å². The molecule has 0 saturated heterocycles. The number of alkyl halides is 3. The van der Waals surface area contributed by atoms with Crippen LogP contribution in [0, 0.1) is 13.8 Å². The minimum absolute atomic E-state index is 0.0246. The van der Waals surface area contributed by atoms with Crippen molar-refractivity contribution in [2.24, 2.45) is 0 Å². The predicted octanol–water partition coefficient (Wildman–Crippen LogP) is 3.85. The van der Waals surface area contributed by atoms with Gasteiger partial charge in [-0.3, -0.25) is 4.72 Å². The summed E-state index contributed by atoms with van der Waals surface area (Å²) in [4.78, 5) is 10.9. The Morgan fingerprint density at radius 3 is 2.37 bits per heavy atom. The molecule has 0 fully saturated rings. The smallest absolute Gasteiger partial charge is 0.416 e. The van der Waals surface area contributed by atoms with Crippen LogP contribution >= 0.6 is 0 Å². The third-order valence-electron chi connectivity index (χ3n) is 4.25. The highest BCUT2D eigenvalue weighted by atomic mass is 32.2. The normalized spacial score (nSPS) is 11.9. The van der Waals surface area contributed by atoms with E-state index in [9.17, 15) is 31.5 Å². The second kappa shape index (κ2) is 8.92. The molecule has 0 bridgehead atoms. The highest BCUT2D eigenvalue weighted by molar-refractivity contribution is 7.92. The lowest BCUT2D eigenvalue weighted by molar-refractivity contribution is -0.137. The number of sulfonamides is 1. The Hall–Kier alpha value is -2.79. The van der Waals surface area contributed by atoms with Crippen molar-refractivity contribution < 1.29 is 41.0 Å². The predicted molar refractivity (Wildman–Crippen MR) is 102 cm³/mol. The number of nitrogens with one attached hydrogen (secondary N) is 1. The molecule has 0 amide bonds. The summed E-state index contributed by atoms with van der Waals surface area (Å²) in [5.74, 6) is -1.47. The maximum atomic E-state index is 13.1. The number of hydrogen-bond acceptors (Lipinski definition) is 5. The van der Waals surface area contributed by atoms with E-state index in [0.717, 1.165) is 18.2 Å². The molecule has 164 valence electrons. The summed E-state index contributed by atoms with van der Waals surface area (Å²) < 4.78 is 77.4. The minimum atomic E-state index is -4.71. The van der Waals surface area contributed by atoms with Gasteiger partial charge in [-0.2, -0.15) is 13.2 Å². The fourth-order valence-electron chi connectivity index (χ4n) is 2.58. The number of ether oxygens (including phenoxy) is 2. The van der Waals surface area contributed by atoms with Gasteiger partial charge in [0.1, 0.15) is 12.4 Å². The Bertz CT molecular complexity index is 1050. The van der Waals surface area contributed by atoms with E-state index in [-0.39, 0.29) is 35.0 Å². The first kappa shape index (κ1) is 23.5. The Balaban J connectivity index is 2.54. The van der Waals surface area contributed by atoms with E-state index in [1.54, 1.807) is 0 Å². The average molecular weight is 447 g/mol. The van der Waals surface area contributed by atoms with E-state index in [1.165, 1.54) is 27.0 Å².